The fraction of sp³-hybridized carbons (Fsp3) is 0.188. The summed E-state index contributed by atoms with van der Waals surface area (Å²) in [6.45, 7) is 0. The van der Waals surface area contributed by atoms with Gasteiger partial charge >= 0.3 is 0 Å². The van der Waals surface area contributed by atoms with E-state index in [2.05, 4.69) is 15.9 Å². The van der Waals surface area contributed by atoms with Crippen molar-refractivity contribution in [3.63, 3.8) is 0 Å². The standard InChI is InChI=1S/C16H14BrFO3/c1-20-12-4-5-13(16(9-12)21-2)15(19)8-10-7-11(18)3-6-14(10)17/h3-7,9H,8H2,1-2H3. The van der Waals surface area contributed by atoms with Gasteiger partial charge in [-0.1, -0.05) is 15.9 Å². The molecular weight excluding hydrogens is 339 g/mol. The molecule has 2 aromatic carbocycles. The highest BCUT2D eigenvalue weighted by molar-refractivity contribution is 9.10. The van der Waals surface area contributed by atoms with E-state index in [9.17, 15) is 9.18 Å². The lowest BCUT2D eigenvalue weighted by Gasteiger charge is -2.10. The van der Waals surface area contributed by atoms with E-state index in [4.69, 9.17) is 9.47 Å². The Kier molecular flexibility index (Phi) is 4.96. The first-order valence-electron chi connectivity index (χ1n) is 6.24. The summed E-state index contributed by atoms with van der Waals surface area (Å²) in [7, 11) is 3.03. The number of Topliss-reactive ketones (excluding diaryl/α,β-unsaturated/α-hetero) is 1. The first-order chi connectivity index (χ1) is 10.0. The minimum absolute atomic E-state index is 0.0844. The van der Waals surface area contributed by atoms with Crippen molar-refractivity contribution < 1.29 is 18.7 Å². The number of methoxy groups -OCH3 is 2. The van der Waals surface area contributed by atoms with E-state index < -0.39 is 0 Å². The van der Waals surface area contributed by atoms with E-state index in [1.54, 1.807) is 31.4 Å². The van der Waals surface area contributed by atoms with Crippen LogP contribution in [0.15, 0.2) is 40.9 Å². The number of hydrogen-bond acceptors (Lipinski definition) is 3. The zero-order valence-electron chi connectivity index (χ0n) is 11.7. The van der Waals surface area contributed by atoms with Crippen molar-refractivity contribution in [2.45, 2.75) is 6.42 Å². The lowest BCUT2D eigenvalue weighted by molar-refractivity contribution is 0.0990. The van der Waals surface area contributed by atoms with Gasteiger partial charge in [0.25, 0.3) is 0 Å². The van der Waals surface area contributed by atoms with Crippen LogP contribution in [0.5, 0.6) is 11.5 Å². The number of ketones is 1. The quantitative estimate of drug-likeness (QED) is 0.762. The molecule has 110 valence electrons. The van der Waals surface area contributed by atoms with Crippen LogP contribution in [0, 0.1) is 5.82 Å². The van der Waals surface area contributed by atoms with Crippen LogP contribution in [0.25, 0.3) is 0 Å². The molecule has 0 fully saturated rings. The molecule has 0 aromatic heterocycles. The highest BCUT2D eigenvalue weighted by Crippen LogP contribution is 2.27. The van der Waals surface area contributed by atoms with Gasteiger partial charge in [-0.15, -0.1) is 0 Å². The average molecular weight is 353 g/mol. The molecule has 21 heavy (non-hydrogen) atoms. The van der Waals surface area contributed by atoms with Crippen LogP contribution < -0.4 is 9.47 Å². The van der Waals surface area contributed by atoms with Crippen LogP contribution in [-0.2, 0) is 6.42 Å². The van der Waals surface area contributed by atoms with E-state index in [-0.39, 0.29) is 18.0 Å². The molecular formula is C16H14BrFO3. The number of hydrogen-bond donors (Lipinski definition) is 0. The minimum atomic E-state index is -0.373. The maximum absolute atomic E-state index is 13.3. The third-order valence-corrected chi connectivity index (χ3v) is 3.84. The lowest BCUT2D eigenvalue weighted by Crippen LogP contribution is -2.07. The summed E-state index contributed by atoms with van der Waals surface area (Å²) in [6.07, 6.45) is 0.0844. The second-order valence-corrected chi connectivity index (χ2v) is 5.26. The molecule has 0 bridgehead atoms. The fourth-order valence-corrected chi connectivity index (χ4v) is 2.36. The van der Waals surface area contributed by atoms with Crippen molar-refractivity contribution in [1.82, 2.24) is 0 Å². The van der Waals surface area contributed by atoms with Crippen LogP contribution >= 0.6 is 15.9 Å². The second-order valence-electron chi connectivity index (χ2n) is 4.40. The molecule has 0 saturated heterocycles. The van der Waals surface area contributed by atoms with E-state index in [1.807, 2.05) is 0 Å². The molecule has 0 spiro atoms. The summed E-state index contributed by atoms with van der Waals surface area (Å²) in [5, 5.41) is 0. The maximum Gasteiger partial charge on any atom is 0.171 e. The van der Waals surface area contributed by atoms with Crippen molar-refractivity contribution in [3.8, 4) is 11.5 Å². The highest BCUT2D eigenvalue weighted by atomic mass is 79.9. The second kappa shape index (κ2) is 6.72. The SMILES string of the molecule is COc1ccc(C(=O)Cc2cc(F)ccc2Br)c(OC)c1. The summed E-state index contributed by atoms with van der Waals surface area (Å²) in [6, 6.07) is 9.25. The van der Waals surface area contributed by atoms with Crippen molar-refractivity contribution >= 4 is 21.7 Å². The van der Waals surface area contributed by atoms with Crippen LogP contribution in [0.3, 0.4) is 0 Å². The Bertz CT molecular complexity index is 671. The van der Waals surface area contributed by atoms with E-state index >= 15 is 0 Å². The Hall–Kier alpha value is -1.88. The molecule has 0 atom stereocenters. The van der Waals surface area contributed by atoms with Gasteiger partial charge in [0.05, 0.1) is 19.8 Å². The third kappa shape index (κ3) is 3.61. The summed E-state index contributed by atoms with van der Waals surface area (Å²) in [5.74, 6) is 0.519. The van der Waals surface area contributed by atoms with Gasteiger partial charge in [-0.25, -0.2) is 4.39 Å². The molecule has 0 unspecified atom stereocenters. The molecule has 0 heterocycles. The van der Waals surface area contributed by atoms with Gasteiger partial charge in [-0.2, -0.15) is 0 Å². The van der Waals surface area contributed by atoms with E-state index in [0.29, 0.717) is 27.1 Å². The predicted octanol–water partition coefficient (Wildman–Crippen LogP) is 4.03. The molecule has 3 nitrogen and oxygen atoms in total. The first-order valence-corrected chi connectivity index (χ1v) is 7.03. The van der Waals surface area contributed by atoms with Crippen LogP contribution in [0.4, 0.5) is 4.39 Å². The molecule has 0 amide bonds. The largest absolute Gasteiger partial charge is 0.497 e. The Balaban J connectivity index is 2.30. The van der Waals surface area contributed by atoms with Gasteiger partial charge in [0.2, 0.25) is 0 Å². The van der Waals surface area contributed by atoms with Crippen LogP contribution in [-0.4, -0.2) is 20.0 Å². The summed E-state index contributed by atoms with van der Waals surface area (Å²) >= 11 is 3.32. The number of halogens is 2. The maximum atomic E-state index is 13.3. The van der Waals surface area contributed by atoms with Crippen molar-refractivity contribution in [3.05, 3.63) is 57.8 Å². The molecule has 0 aliphatic rings. The molecule has 5 heteroatoms. The summed E-state index contributed by atoms with van der Waals surface area (Å²) in [4.78, 5) is 12.4. The monoisotopic (exact) mass is 352 g/mol. The minimum Gasteiger partial charge on any atom is -0.497 e. The molecule has 0 aliphatic carbocycles. The Morgan fingerprint density at radius 3 is 2.57 bits per heavy atom. The summed E-state index contributed by atoms with van der Waals surface area (Å²) < 4.78 is 24.3. The van der Waals surface area contributed by atoms with Crippen molar-refractivity contribution in [2.24, 2.45) is 0 Å². The van der Waals surface area contributed by atoms with Crippen LogP contribution in [0.2, 0.25) is 0 Å². The number of rotatable bonds is 5. The van der Waals surface area contributed by atoms with Gasteiger partial charge in [-0.3, -0.25) is 4.79 Å². The lowest BCUT2D eigenvalue weighted by atomic mass is 10.0. The zero-order valence-corrected chi connectivity index (χ0v) is 13.2. The summed E-state index contributed by atoms with van der Waals surface area (Å²) in [5.41, 5.74) is 1.03. The Labute approximate surface area is 130 Å². The first kappa shape index (κ1) is 15.5. The third-order valence-electron chi connectivity index (χ3n) is 3.07. The van der Waals surface area contributed by atoms with Gasteiger partial charge < -0.3 is 9.47 Å². The molecule has 0 N–H and O–H groups in total. The molecule has 0 aliphatic heterocycles. The number of benzene rings is 2. The number of ether oxygens (including phenoxy) is 2. The topological polar surface area (TPSA) is 35.5 Å². The fourth-order valence-electron chi connectivity index (χ4n) is 1.98. The van der Waals surface area contributed by atoms with Crippen molar-refractivity contribution in [2.75, 3.05) is 14.2 Å². The highest BCUT2D eigenvalue weighted by Gasteiger charge is 2.15. The van der Waals surface area contributed by atoms with Gasteiger partial charge in [0.1, 0.15) is 17.3 Å². The van der Waals surface area contributed by atoms with E-state index in [1.165, 1.54) is 19.2 Å². The molecule has 2 rings (SSSR count). The van der Waals surface area contributed by atoms with Crippen LogP contribution in [0.1, 0.15) is 15.9 Å². The van der Waals surface area contributed by atoms with Gasteiger partial charge in [-0.05, 0) is 35.9 Å². The molecule has 0 radical (unpaired) electrons. The predicted molar refractivity (Wildman–Crippen MR) is 81.7 cm³/mol. The normalized spacial score (nSPS) is 10.3. The number of carbonyl (C=O) groups is 1. The van der Waals surface area contributed by atoms with Gasteiger partial charge in [0.15, 0.2) is 5.78 Å². The number of carbonyl (C=O) groups excluding carboxylic acids is 1. The molecule has 2 aromatic rings. The van der Waals surface area contributed by atoms with Gasteiger partial charge in [0, 0.05) is 17.0 Å². The Morgan fingerprint density at radius 2 is 1.90 bits per heavy atom. The zero-order chi connectivity index (χ0) is 15.4. The van der Waals surface area contributed by atoms with Crippen molar-refractivity contribution in [1.29, 1.82) is 0 Å². The molecule has 0 saturated carbocycles. The smallest absolute Gasteiger partial charge is 0.171 e. The Morgan fingerprint density at radius 1 is 1.14 bits per heavy atom. The average Bonchev–Trinajstić information content (AvgIpc) is 2.50. The van der Waals surface area contributed by atoms with E-state index in [0.717, 1.165) is 0 Å².